The number of urea groups is 1. The average Bonchev–Trinajstić information content (AvgIpc) is 2.54. The molecule has 0 saturated carbocycles. The van der Waals surface area contributed by atoms with Gasteiger partial charge in [0.25, 0.3) is 0 Å². The summed E-state index contributed by atoms with van der Waals surface area (Å²) in [5, 5.41) is 2.36. The van der Waals surface area contributed by atoms with E-state index in [-0.39, 0.29) is 23.7 Å². The second-order valence-electron chi connectivity index (χ2n) is 5.17. The van der Waals surface area contributed by atoms with E-state index >= 15 is 0 Å². The first-order valence-electron chi connectivity index (χ1n) is 6.92. The van der Waals surface area contributed by atoms with Crippen LogP contribution >= 0.6 is 0 Å². The molecule has 2 amide bonds. The fourth-order valence-electron chi connectivity index (χ4n) is 2.53. The van der Waals surface area contributed by atoms with E-state index in [1.165, 1.54) is 19.2 Å². The van der Waals surface area contributed by atoms with Gasteiger partial charge in [-0.05, 0) is 29.8 Å². The lowest BCUT2D eigenvalue weighted by atomic mass is 10.1. The number of fused-ring (bicyclic) bond motifs is 1. The molecule has 0 fully saturated rings. The van der Waals surface area contributed by atoms with Gasteiger partial charge in [-0.3, -0.25) is 4.90 Å². The Morgan fingerprint density at radius 3 is 2.62 bits per heavy atom. The number of ether oxygens (including phenoxy) is 1. The summed E-state index contributed by atoms with van der Waals surface area (Å²) in [6.07, 6.45) is -4.56. The molecule has 0 bridgehead atoms. The highest BCUT2D eigenvalue weighted by Crippen LogP contribution is 2.39. The van der Waals surface area contributed by atoms with Gasteiger partial charge in [0.1, 0.15) is 11.6 Å². The molecule has 2 aromatic rings. The van der Waals surface area contributed by atoms with Crippen molar-refractivity contribution in [3.05, 3.63) is 53.3 Å². The minimum absolute atomic E-state index is 0.0321. The van der Waals surface area contributed by atoms with E-state index in [0.717, 1.165) is 23.1 Å². The molecular weight excluding hydrogens is 328 g/mol. The quantitative estimate of drug-likeness (QED) is 0.823. The summed E-state index contributed by atoms with van der Waals surface area (Å²) in [7, 11) is 1.29. The summed E-state index contributed by atoms with van der Waals surface area (Å²) in [5.41, 5.74) is -0.463. The fourth-order valence-corrected chi connectivity index (χ4v) is 2.53. The number of nitrogens with one attached hydrogen (secondary N) is 1. The Morgan fingerprint density at radius 2 is 1.96 bits per heavy atom. The number of alkyl halides is 3. The summed E-state index contributed by atoms with van der Waals surface area (Å²) >= 11 is 0. The van der Waals surface area contributed by atoms with Crippen LogP contribution in [-0.4, -0.2) is 13.1 Å². The van der Waals surface area contributed by atoms with Crippen LogP contribution < -0.4 is 15.0 Å². The number of methoxy groups -OCH3 is 1. The maximum atomic E-state index is 13.7. The number of carbonyl (C=O) groups excluding carboxylic acids is 1. The van der Waals surface area contributed by atoms with Crippen LogP contribution in [0.3, 0.4) is 0 Å². The van der Waals surface area contributed by atoms with Crippen LogP contribution in [-0.2, 0) is 12.7 Å². The Morgan fingerprint density at radius 1 is 1.21 bits per heavy atom. The van der Waals surface area contributed by atoms with Crippen molar-refractivity contribution in [2.24, 2.45) is 0 Å². The molecule has 0 radical (unpaired) electrons. The highest BCUT2D eigenvalue weighted by atomic mass is 19.4. The zero-order valence-corrected chi connectivity index (χ0v) is 12.4. The SMILES string of the molecule is COc1ccc(C(F)(F)F)cc1N1Cc2cccc(F)c2NC1=O. The number of benzene rings is 2. The summed E-state index contributed by atoms with van der Waals surface area (Å²) in [5.74, 6) is -0.491. The van der Waals surface area contributed by atoms with Gasteiger partial charge in [0.2, 0.25) is 0 Å². The predicted octanol–water partition coefficient (Wildman–Crippen LogP) is 4.41. The number of nitrogens with zero attached hydrogens (tertiary/aromatic N) is 1. The maximum Gasteiger partial charge on any atom is 0.416 e. The second kappa shape index (κ2) is 5.70. The van der Waals surface area contributed by atoms with Crippen LogP contribution in [0.4, 0.5) is 33.7 Å². The summed E-state index contributed by atoms with van der Waals surface area (Å²) in [6, 6.07) is 6.37. The van der Waals surface area contributed by atoms with Crippen molar-refractivity contribution in [3.63, 3.8) is 0 Å². The molecule has 1 heterocycles. The molecule has 0 unspecified atom stereocenters. The molecule has 8 heteroatoms. The molecule has 1 N–H and O–H groups in total. The van der Waals surface area contributed by atoms with Gasteiger partial charge >= 0.3 is 12.2 Å². The highest BCUT2D eigenvalue weighted by Gasteiger charge is 2.34. The summed E-state index contributed by atoms with van der Waals surface area (Å²) < 4.78 is 57.6. The van der Waals surface area contributed by atoms with E-state index in [4.69, 9.17) is 4.74 Å². The monoisotopic (exact) mass is 340 g/mol. The first-order chi connectivity index (χ1) is 11.3. The number of hydrogen-bond acceptors (Lipinski definition) is 2. The minimum atomic E-state index is -4.56. The van der Waals surface area contributed by atoms with E-state index in [2.05, 4.69) is 5.32 Å². The molecule has 0 aromatic heterocycles. The van der Waals surface area contributed by atoms with Crippen LogP contribution in [0.5, 0.6) is 5.75 Å². The van der Waals surface area contributed by atoms with Crippen molar-refractivity contribution in [3.8, 4) is 5.75 Å². The van der Waals surface area contributed by atoms with Gasteiger partial charge in [-0.25, -0.2) is 9.18 Å². The van der Waals surface area contributed by atoms with Gasteiger partial charge < -0.3 is 10.1 Å². The standard InChI is InChI=1S/C16H12F4N2O2/c1-24-13-6-5-10(16(18,19)20)7-12(13)22-8-9-3-2-4-11(17)14(9)21-15(22)23/h2-7H,8H2,1H3,(H,21,23). The zero-order valence-electron chi connectivity index (χ0n) is 12.4. The Labute approximate surface area is 134 Å². The van der Waals surface area contributed by atoms with Crippen molar-refractivity contribution < 1.29 is 27.1 Å². The first-order valence-corrected chi connectivity index (χ1v) is 6.92. The minimum Gasteiger partial charge on any atom is -0.495 e. The van der Waals surface area contributed by atoms with Gasteiger partial charge in [0, 0.05) is 0 Å². The normalized spacial score (nSPS) is 14.2. The molecule has 4 nitrogen and oxygen atoms in total. The van der Waals surface area contributed by atoms with E-state index in [1.54, 1.807) is 6.07 Å². The van der Waals surface area contributed by atoms with Crippen LogP contribution in [0.15, 0.2) is 36.4 Å². The average molecular weight is 340 g/mol. The molecule has 0 atom stereocenters. The summed E-state index contributed by atoms with van der Waals surface area (Å²) in [6.45, 7) is -0.0728. The third kappa shape index (κ3) is 2.75. The number of anilines is 2. The Kier molecular flexibility index (Phi) is 3.82. The van der Waals surface area contributed by atoms with Crippen molar-refractivity contribution in [1.29, 1.82) is 0 Å². The van der Waals surface area contributed by atoms with Gasteiger partial charge in [0.15, 0.2) is 0 Å². The Hall–Kier alpha value is -2.77. The number of hydrogen-bond donors (Lipinski definition) is 1. The maximum absolute atomic E-state index is 13.7. The molecule has 1 aliphatic rings. The third-order valence-corrected chi connectivity index (χ3v) is 3.70. The van der Waals surface area contributed by atoms with Gasteiger partial charge in [-0.15, -0.1) is 0 Å². The highest BCUT2D eigenvalue weighted by molar-refractivity contribution is 6.05. The largest absolute Gasteiger partial charge is 0.495 e. The Bertz CT molecular complexity index is 805. The molecule has 24 heavy (non-hydrogen) atoms. The molecule has 1 aliphatic heterocycles. The lowest BCUT2D eigenvalue weighted by Gasteiger charge is -2.30. The smallest absolute Gasteiger partial charge is 0.416 e. The van der Waals surface area contributed by atoms with E-state index < -0.39 is 23.6 Å². The number of amides is 2. The van der Waals surface area contributed by atoms with E-state index in [0.29, 0.717) is 5.56 Å². The molecule has 126 valence electrons. The molecular formula is C16H12F4N2O2. The molecule has 2 aromatic carbocycles. The van der Waals surface area contributed by atoms with E-state index in [1.807, 2.05) is 0 Å². The number of carbonyl (C=O) groups is 1. The lowest BCUT2D eigenvalue weighted by Crippen LogP contribution is -2.39. The van der Waals surface area contributed by atoms with Crippen molar-refractivity contribution >= 4 is 17.4 Å². The second-order valence-corrected chi connectivity index (χ2v) is 5.17. The number of para-hydroxylation sites is 1. The fraction of sp³-hybridized carbons (Fsp3) is 0.188. The molecule has 0 spiro atoms. The van der Waals surface area contributed by atoms with Crippen LogP contribution in [0.2, 0.25) is 0 Å². The zero-order chi connectivity index (χ0) is 17.5. The number of halogens is 4. The summed E-state index contributed by atoms with van der Waals surface area (Å²) in [4.78, 5) is 13.3. The van der Waals surface area contributed by atoms with Crippen LogP contribution in [0.1, 0.15) is 11.1 Å². The van der Waals surface area contributed by atoms with Gasteiger partial charge in [0.05, 0.1) is 30.6 Å². The first kappa shape index (κ1) is 16.1. The molecule has 0 aliphatic carbocycles. The van der Waals surface area contributed by atoms with Crippen molar-refractivity contribution in [1.82, 2.24) is 0 Å². The van der Waals surface area contributed by atoms with Crippen molar-refractivity contribution in [2.75, 3.05) is 17.3 Å². The Balaban J connectivity index is 2.07. The van der Waals surface area contributed by atoms with Gasteiger partial charge in [-0.1, -0.05) is 12.1 Å². The van der Waals surface area contributed by atoms with Crippen LogP contribution in [0, 0.1) is 5.82 Å². The predicted molar refractivity (Wildman–Crippen MR) is 79.6 cm³/mol. The topological polar surface area (TPSA) is 41.6 Å². The van der Waals surface area contributed by atoms with Gasteiger partial charge in [-0.2, -0.15) is 13.2 Å². The number of rotatable bonds is 2. The molecule has 3 rings (SSSR count). The lowest BCUT2D eigenvalue weighted by molar-refractivity contribution is -0.137. The van der Waals surface area contributed by atoms with E-state index in [9.17, 15) is 22.4 Å². The van der Waals surface area contributed by atoms with Crippen molar-refractivity contribution in [2.45, 2.75) is 12.7 Å². The molecule has 0 saturated heterocycles. The third-order valence-electron chi connectivity index (χ3n) is 3.70. The van der Waals surface area contributed by atoms with Crippen LogP contribution in [0.25, 0.3) is 0 Å².